The highest BCUT2D eigenvalue weighted by molar-refractivity contribution is 6.28. The zero-order valence-corrected chi connectivity index (χ0v) is 11.7. The first-order valence-corrected chi connectivity index (χ1v) is 6.50. The number of hydrogen-bond donors (Lipinski definition) is 2. The second kappa shape index (κ2) is 5.86. The average molecular weight is 303 g/mol. The van der Waals surface area contributed by atoms with Crippen LogP contribution in [0.3, 0.4) is 0 Å². The van der Waals surface area contributed by atoms with Gasteiger partial charge >= 0.3 is 5.69 Å². The lowest BCUT2D eigenvalue weighted by atomic mass is 9.91. The predicted molar refractivity (Wildman–Crippen MR) is 71.9 cm³/mol. The van der Waals surface area contributed by atoms with Gasteiger partial charge in [0.1, 0.15) is 5.69 Å². The van der Waals surface area contributed by atoms with Gasteiger partial charge in [-0.05, 0) is 31.4 Å². The number of ether oxygens (including phenoxy) is 1. The summed E-state index contributed by atoms with van der Waals surface area (Å²) in [5.41, 5.74) is -0.737. The molecule has 0 aromatic carbocycles. The fourth-order valence-electron chi connectivity index (χ4n) is 2.17. The van der Waals surface area contributed by atoms with Gasteiger partial charge in [0.2, 0.25) is 11.1 Å². The number of aliphatic hydroxyl groups is 1. The Balaban J connectivity index is 2.38. The number of nitro groups is 1. The molecule has 2 N–H and O–H groups in total. The molecule has 0 radical (unpaired) electrons. The Morgan fingerprint density at radius 3 is 2.70 bits per heavy atom. The van der Waals surface area contributed by atoms with Gasteiger partial charge < -0.3 is 15.2 Å². The number of halogens is 1. The largest absolute Gasteiger partial charge is 0.394 e. The van der Waals surface area contributed by atoms with Gasteiger partial charge in [-0.1, -0.05) is 0 Å². The third-order valence-electron chi connectivity index (χ3n) is 3.35. The Kier molecular flexibility index (Phi) is 4.36. The Morgan fingerprint density at radius 2 is 2.15 bits per heavy atom. The maximum Gasteiger partial charge on any atom is 0.332 e. The molecule has 0 atom stereocenters. The average Bonchev–Trinajstić information content (AvgIpc) is 2.38. The molecule has 0 unspecified atom stereocenters. The van der Waals surface area contributed by atoms with Crippen molar-refractivity contribution in [3.63, 3.8) is 0 Å². The zero-order chi connectivity index (χ0) is 14.8. The van der Waals surface area contributed by atoms with Gasteiger partial charge in [0.25, 0.3) is 0 Å². The molecule has 0 aliphatic carbocycles. The Labute approximate surface area is 120 Å². The van der Waals surface area contributed by atoms with E-state index in [1.807, 2.05) is 0 Å². The third-order valence-corrected chi connectivity index (χ3v) is 3.52. The van der Waals surface area contributed by atoms with E-state index in [-0.39, 0.29) is 29.1 Å². The van der Waals surface area contributed by atoms with Crippen molar-refractivity contribution >= 4 is 23.1 Å². The van der Waals surface area contributed by atoms with E-state index < -0.39 is 10.5 Å². The summed E-state index contributed by atoms with van der Waals surface area (Å²) in [6.45, 7) is 2.26. The number of aromatic nitrogens is 2. The predicted octanol–water partition coefficient (Wildman–Crippen LogP) is 1.30. The van der Waals surface area contributed by atoms with Crippen LogP contribution in [0.15, 0.2) is 0 Å². The van der Waals surface area contributed by atoms with Crippen molar-refractivity contribution in [1.29, 1.82) is 0 Å². The highest BCUT2D eigenvalue weighted by Gasteiger charge is 2.35. The van der Waals surface area contributed by atoms with Gasteiger partial charge in [-0.2, -0.15) is 4.98 Å². The molecule has 110 valence electrons. The van der Waals surface area contributed by atoms with E-state index in [1.165, 1.54) is 6.92 Å². The summed E-state index contributed by atoms with van der Waals surface area (Å²) in [5.74, 6) is 0.0310. The molecule has 2 rings (SSSR count). The molecule has 0 amide bonds. The molecule has 0 spiro atoms. The summed E-state index contributed by atoms with van der Waals surface area (Å²) in [7, 11) is 0. The van der Waals surface area contributed by atoms with Crippen LogP contribution in [0, 0.1) is 17.0 Å². The fourth-order valence-corrected chi connectivity index (χ4v) is 2.39. The van der Waals surface area contributed by atoms with Crippen LogP contribution in [0.5, 0.6) is 0 Å². The van der Waals surface area contributed by atoms with Gasteiger partial charge in [-0.3, -0.25) is 10.1 Å². The van der Waals surface area contributed by atoms with E-state index in [0.29, 0.717) is 26.1 Å². The second-order valence-electron chi connectivity index (χ2n) is 4.71. The molecule has 20 heavy (non-hydrogen) atoms. The van der Waals surface area contributed by atoms with Crippen LogP contribution in [0.4, 0.5) is 11.5 Å². The first-order chi connectivity index (χ1) is 9.47. The van der Waals surface area contributed by atoms with Gasteiger partial charge in [0.15, 0.2) is 0 Å². The minimum absolute atomic E-state index is 0.0310. The molecule has 1 fully saturated rings. The SMILES string of the molecule is Cc1nc(Cl)nc(NC2(CO)CCOCC2)c1[N+](=O)[O-]. The summed E-state index contributed by atoms with van der Waals surface area (Å²) >= 11 is 5.76. The molecule has 8 nitrogen and oxygen atoms in total. The lowest BCUT2D eigenvalue weighted by Gasteiger charge is -2.36. The maximum absolute atomic E-state index is 11.1. The summed E-state index contributed by atoms with van der Waals surface area (Å²) in [4.78, 5) is 18.3. The van der Waals surface area contributed by atoms with E-state index in [0.717, 1.165) is 0 Å². The molecular weight excluding hydrogens is 288 g/mol. The Morgan fingerprint density at radius 1 is 1.50 bits per heavy atom. The fraction of sp³-hybridized carbons (Fsp3) is 0.636. The van der Waals surface area contributed by atoms with Crippen molar-refractivity contribution in [3.05, 3.63) is 21.1 Å². The summed E-state index contributed by atoms with van der Waals surface area (Å²) < 4.78 is 5.25. The molecular formula is C11H15ClN4O4. The number of anilines is 1. The first kappa shape index (κ1) is 14.9. The van der Waals surface area contributed by atoms with Crippen LogP contribution in [0.25, 0.3) is 0 Å². The summed E-state index contributed by atoms with van der Waals surface area (Å²) in [6.07, 6.45) is 1.06. The zero-order valence-electron chi connectivity index (χ0n) is 10.9. The monoisotopic (exact) mass is 302 g/mol. The molecule has 1 saturated heterocycles. The van der Waals surface area contributed by atoms with Crippen molar-refractivity contribution in [2.45, 2.75) is 25.3 Å². The van der Waals surface area contributed by atoms with E-state index in [4.69, 9.17) is 16.3 Å². The number of rotatable bonds is 4. The van der Waals surface area contributed by atoms with Crippen LogP contribution in [-0.2, 0) is 4.74 Å². The van der Waals surface area contributed by atoms with Crippen molar-refractivity contribution in [2.24, 2.45) is 0 Å². The molecule has 0 bridgehead atoms. The minimum atomic E-state index is -0.687. The van der Waals surface area contributed by atoms with Crippen molar-refractivity contribution < 1.29 is 14.8 Å². The topological polar surface area (TPSA) is 110 Å². The minimum Gasteiger partial charge on any atom is -0.394 e. The second-order valence-corrected chi connectivity index (χ2v) is 5.05. The molecule has 1 aromatic rings. The van der Waals surface area contributed by atoms with Gasteiger partial charge in [0.05, 0.1) is 17.1 Å². The molecule has 1 aliphatic heterocycles. The van der Waals surface area contributed by atoms with Crippen LogP contribution >= 0.6 is 11.6 Å². The highest BCUT2D eigenvalue weighted by Crippen LogP contribution is 2.32. The van der Waals surface area contributed by atoms with Crippen molar-refractivity contribution in [1.82, 2.24) is 9.97 Å². The van der Waals surface area contributed by atoms with Crippen LogP contribution in [0.1, 0.15) is 18.5 Å². The molecule has 0 saturated carbocycles. The maximum atomic E-state index is 11.1. The standard InChI is InChI=1S/C11H15ClN4O4/c1-7-8(16(18)19)9(14-10(12)13-7)15-11(6-17)2-4-20-5-3-11/h17H,2-6H2,1H3,(H,13,14,15). The van der Waals surface area contributed by atoms with E-state index >= 15 is 0 Å². The Bertz CT molecular complexity index is 519. The number of nitrogens with zero attached hydrogens (tertiary/aromatic N) is 3. The normalized spacial score (nSPS) is 17.8. The highest BCUT2D eigenvalue weighted by atomic mass is 35.5. The number of aliphatic hydroxyl groups excluding tert-OH is 1. The molecule has 1 aromatic heterocycles. The molecule has 2 heterocycles. The lowest BCUT2D eigenvalue weighted by molar-refractivity contribution is -0.385. The Hall–Kier alpha value is -1.51. The van der Waals surface area contributed by atoms with Crippen molar-refractivity contribution in [3.8, 4) is 0 Å². The van der Waals surface area contributed by atoms with Gasteiger partial charge in [-0.15, -0.1) is 0 Å². The number of nitrogens with one attached hydrogen (secondary N) is 1. The lowest BCUT2D eigenvalue weighted by Crippen LogP contribution is -2.47. The van der Waals surface area contributed by atoms with Gasteiger partial charge in [0, 0.05) is 13.2 Å². The summed E-state index contributed by atoms with van der Waals surface area (Å²) in [6, 6.07) is 0. The molecule has 1 aliphatic rings. The summed E-state index contributed by atoms with van der Waals surface area (Å²) in [5, 5.41) is 23.6. The number of aryl methyl sites for hydroxylation is 1. The molecule has 9 heteroatoms. The van der Waals surface area contributed by atoms with E-state index in [2.05, 4.69) is 15.3 Å². The van der Waals surface area contributed by atoms with E-state index in [1.54, 1.807) is 0 Å². The van der Waals surface area contributed by atoms with E-state index in [9.17, 15) is 15.2 Å². The van der Waals surface area contributed by atoms with Crippen LogP contribution in [-0.4, -0.2) is 45.4 Å². The smallest absolute Gasteiger partial charge is 0.332 e. The van der Waals surface area contributed by atoms with Crippen LogP contribution < -0.4 is 5.32 Å². The number of hydrogen-bond acceptors (Lipinski definition) is 7. The van der Waals surface area contributed by atoms with Crippen LogP contribution in [0.2, 0.25) is 5.28 Å². The van der Waals surface area contributed by atoms with Gasteiger partial charge in [-0.25, -0.2) is 4.98 Å². The first-order valence-electron chi connectivity index (χ1n) is 6.13. The third kappa shape index (κ3) is 2.97. The van der Waals surface area contributed by atoms with Crippen molar-refractivity contribution in [2.75, 3.05) is 25.1 Å². The quantitative estimate of drug-likeness (QED) is 0.490.